The number of hydrogen-bond acceptors (Lipinski definition) is 4. The molecular formula is C13H21N3O2S. The van der Waals surface area contributed by atoms with Gasteiger partial charge in [0.15, 0.2) is 0 Å². The first-order chi connectivity index (χ1) is 8.97. The summed E-state index contributed by atoms with van der Waals surface area (Å²) in [6, 6.07) is 3.79. The molecule has 2 N–H and O–H groups in total. The average Bonchev–Trinajstić information content (AvgIpc) is 2.39. The highest BCUT2D eigenvalue weighted by Gasteiger charge is 2.27. The summed E-state index contributed by atoms with van der Waals surface area (Å²) in [5.74, 6) is 0.339. The van der Waals surface area contributed by atoms with Crippen molar-refractivity contribution in [2.45, 2.75) is 25.3 Å². The Hall–Kier alpha value is -0.980. The Labute approximate surface area is 114 Å². The Balaban J connectivity index is 1.96. The van der Waals surface area contributed by atoms with Gasteiger partial charge in [0.25, 0.3) is 0 Å². The summed E-state index contributed by atoms with van der Waals surface area (Å²) >= 11 is 0. The highest BCUT2D eigenvalue weighted by Crippen LogP contribution is 2.26. The van der Waals surface area contributed by atoms with E-state index in [9.17, 15) is 8.42 Å². The van der Waals surface area contributed by atoms with Crippen molar-refractivity contribution >= 4 is 10.0 Å². The highest BCUT2D eigenvalue weighted by molar-refractivity contribution is 7.88. The van der Waals surface area contributed by atoms with Crippen LogP contribution in [0.2, 0.25) is 0 Å². The number of piperidine rings is 1. The van der Waals surface area contributed by atoms with E-state index in [1.54, 1.807) is 16.7 Å². The smallest absolute Gasteiger partial charge is 0.211 e. The first-order valence-corrected chi connectivity index (χ1v) is 8.42. The highest BCUT2D eigenvalue weighted by atomic mass is 32.2. The molecule has 2 unspecified atom stereocenters. The van der Waals surface area contributed by atoms with Gasteiger partial charge in [-0.05, 0) is 42.9 Å². The minimum atomic E-state index is -3.08. The van der Waals surface area contributed by atoms with Crippen LogP contribution in [0.4, 0.5) is 0 Å². The molecule has 0 radical (unpaired) electrons. The minimum Gasteiger partial charge on any atom is -0.324 e. The van der Waals surface area contributed by atoms with Gasteiger partial charge in [-0.2, -0.15) is 0 Å². The van der Waals surface area contributed by atoms with Gasteiger partial charge in [-0.15, -0.1) is 0 Å². The van der Waals surface area contributed by atoms with Crippen LogP contribution in [0.1, 0.15) is 30.9 Å². The summed E-state index contributed by atoms with van der Waals surface area (Å²) in [4.78, 5) is 3.98. The summed E-state index contributed by atoms with van der Waals surface area (Å²) in [5.41, 5.74) is 7.25. The van der Waals surface area contributed by atoms with Gasteiger partial charge in [-0.25, -0.2) is 12.7 Å². The summed E-state index contributed by atoms with van der Waals surface area (Å²) in [6.45, 7) is 1.23. The van der Waals surface area contributed by atoms with E-state index in [0.717, 1.165) is 24.8 Å². The van der Waals surface area contributed by atoms with E-state index in [2.05, 4.69) is 4.98 Å². The maximum atomic E-state index is 11.6. The molecule has 2 heterocycles. The molecule has 0 amide bonds. The number of rotatable bonds is 4. The Morgan fingerprint density at radius 3 is 2.79 bits per heavy atom. The third-order valence-corrected chi connectivity index (χ3v) is 4.94. The number of sulfonamides is 1. The van der Waals surface area contributed by atoms with Crippen LogP contribution in [0.3, 0.4) is 0 Å². The van der Waals surface area contributed by atoms with Gasteiger partial charge < -0.3 is 5.73 Å². The molecule has 1 fully saturated rings. The van der Waals surface area contributed by atoms with E-state index in [0.29, 0.717) is 19.0 Å². The van der Waals surface area contributed by atoms with Crippen LogP contribution in [0, 0.1) is 5.92 Å². The largest absolute Gasteiger partial charge is 0.324 e. The third kappa shape index (κ3) is 3.99. The molecule has 2 rings (SSSR count). The zero-order valence-electron chi connectivity index (χ0n) is 11.2. The predicted molar refractivity (Wildman–Crippen MR) is 74.9 cm³/mol. The lowest BCUT2D eigenvalue weighted by Gasteiger charge is -2.32. The van der Waals surface area contributed by atoms with E-state index in [1.807, 2.05) is 12.1 Å². The molecule has 1 aliphatic heterocycles. The Morgan fingerprint density at radius 2 is 2.16 bits per heavy atom. The van der Waals surface area contributed by atoms with Crippen molar-refractivity contribution in [2.24, 2.45) is 11.7 Å². The van der Waals surface area contributed by atoms with Crippen molar-refractivity contribution in [2.75, 3.05) is 19.3 Å². The van der Waals surface area contributed by atoms with Crippen LogP contribution in [0.5, 0.6) is 0 Å². The second kappa shape index (κ2) is 5.98. The van der Waals surface area contributed by atoms with Gasteiger partial charge in [-0.3, -0.25) is 4.98 Å². The van der Waals surface area contributed by atoms with Gasteiger partial charge in [0.05, 0.1) is 6.26 Å². The molecular weight excluding hydrogens is 262 g/mol. The molecule has 0 aromatic carbocycles. The van der Waals surface area contributed by atoms with Crippen LogP contribution in [-0.2, 0) is 10.0 Å². The topological polar surface area (TPSA) is 76.3 Å². The third-order valence-electron chi connectivity index (χ3n) is 3.67. The average molecular weight is 283 g/mol. The van der Waals surface area contributed by atoms with Gasteiger partial charge in [0, 0.05) is 31.5 Å². The molecule has 106 valence electrons. The first kappa shape index (κ1) is 14.4. The fraction of sp³-hybridized carbons (Fsp3) is 0.615. The molecule has 1 aromatic heterocycles. The Kier molecular flexibility index (Phi) is 4.54. The molecule has 2 atom stereocenters. The lowest BCUT2D eigenvalue weighted by atomic mass is 9.90. The second-order valence-corrected chi connectivity index (χ2v) is 7.23. The molecule has 1 saturated heterocycles. The lowest BCUT2D eigenvalue weighted by Crippen LogP contribution is -2.40. The minimum absolute atomic E-state index is 0.0486. The van der Waals surface area contributed by atoms with Gasteiger partial charge in [0.2, 0.25) is 10.0 Å². The van der Waals surface area contributed by atoms with Crippen molar-refractivity contribution in [3.8, 4) is 0 Å². The molecule has 0 spiro atoms. The number of hydrogen-bond donors (Lipinski definition) is 1. The van der Waals surface area contributed by atoms with Crippen molar-refractivity contribution in [1.29, 1.82) is 0 Å². The molecule has 5 nitrogen and oxygen atoms in total. The zero-order chi connectivity index (χ0) is 13.9. The maximum Gasteiger partial charge on any atom is 0.211 e. The summed E-state index contributed by atoms with van der Waals surface area (Å²) < 4.78 is 24.7. The number of nitrogens with two attached hydrogens (primary N) is 1. The van der Waals surface area contributed by atoms with Gasteiger partial charge in [0.1, 0.15) is 0 Å². The normalized spacial score (nSPS) is 23.2. The van der Waals surface area contributed by atoms with E-state index < -0.39 is 10.0 Å². The molecule has 0 aliphatic carbocycles. The van der Waals surface area contributed by atoms with Gasteiger partial charge >= 0.3 is 0 Å². The molecule has 19 heavy (non-hydrogen) atoms. The number of pyridine rings is 1. The summed E-state index contributed by atoms with van der Waals surface area (Å²) in [7, 11) is -3.08. The number of nitrogens with zero attached hydrogens (tertiary/aromatic N) is 2. The van der Waals surface area contributed by atoms with Crippen molar-refractivity contribution in [1.82, 2.24) is 9.29 Å². The van der Waals surface area contributed by atoms with E-state index >= 15 is 0 Å². The molecule has 0 bridgehead atoms. The fourth-order valence-corrected chi connectivity index (χ4v) is 3.57. The Bertz CT molecular complexity index is 504. The summed E-state index contributed by atoms with van der Waals surface area (Å²) in [6.07, 6.45) is 7.53. The van der Waals surface area contributed by atoms with Crippen LogP contribution in [0.25, 0.3) is 0 Å². The quantitative estimate of drug-likeness (QED) is 0.899. The van der Waals surface area contributed by atoms with Crippen LogP contribution in [0.15, 0.2) is 24.5 Å². The standard InChI is InChI=1S/C13H21N3O2S/c1-19(17,18)16-8-2-3-11(10-16)9-13(14)12-4-6-15-7-5-12/h4-7,11,13H,2-3,8-10,14H2,1H3. The molecule has 1 aliphatic rings. The number of aromatic nitrogens is 1. The van der Waals surface area contributed by atoms with E-state index in [-0.39, 0.29) is 6.04 Å². The van der Waals surface area contributed by atoms with Gasteiger partial charge in [-0.1, -0.05) is 0 Å². The lowest BCUT2D eigenvalue weighted by molar-refractivity contribution is 0.247. The van der Waals surface area contributed by atoms with Crippen LogP contribution in [-0.4, -0.2) is 37.1 Å². The van der Waals surface area contributed by atoms with Crippen molar-refractivity contribution in [3.63, 3.8) is 0 Å². The van der Waals surface area contributed by atoms with Crippen molar-refractivity contribution < 1.29 is 8.42 Å². The molecule has 6 heteroatoms. The maximum absolute atomic E-state index is 11.6. The van der Waals surface area contributed by atoms with Crippen LogP contribution >= 0.6 is 0 Å². The monoisotopic (exact) mass is 283 g/mol. The predicted octanol–water partition coefficient (Wildman–Crippen LogP) is 1.14. The second-order valence-electron chi connectivity index (χ2n) is 5.25. The molecule has 0 saturated carbocycles. The van der Waals surface area contributed by atoms with E-state index in [4.69, 9.17) is 5.73 Å². The van der Waals surface area contributed by atoms with Crippen molar-refractivity contribution in [3.05, 3.63) is 30.1 Å². The molecule has 1 aromatic rings. The fourth-order valence-electron chi connectivity index (χ4n) is 2.63. The zero-order valence-corrected chi connectivity index (χ0v) is 12.0. The Morgan fingerprint density at radius 1 is 1.47 bits per heavy atom. The van der Waals surface area contributed by atoms with E-state index in [1.165, 1.54) is 6.26 Å². The first-order valence-electron chi connectivity index (χ1n) is 6.57. The van der Waals surface area contributed by atoms with Crippen LogP contribution < -0.4 is 5.73 Å². The SMILES string of the molecule is CS(=O)(=O)N1CCCC(CC(N)c2ccncc2)C1. The summed E-state index contributed by atoms with van der Waals surface area (Å²) in [5, 5.41) is 0.